The number of hydrogen-bond acceptors (Lipinski definition) is 5. The first kappa shape index (κ1) is 23.2. The number of aliphatic imine (C=N–C) groups is 1. The molecule has 2 rings (SSSR count). The Morgan fingerprint density at radius 1 is 1.22 bits per heavy atom. The van der Waals surface area contributed by atoms with E-state index >= 15 is 0 Å². The molecule has 1 aromatic heterocycles. The fraction of sp³-hybridized carbons (Fsp3) is 0.526. The van der Waals surface area contributed by atoms with Gasteiger partial charge in [-0.2, -0.15) is 4.98 Å². The molecule has 2 aromatic rings. The van der Waals surface area contributed by atoms with E-state index in [9.17, 15) is 0 Å². The van der Waals surface area contributed by atoms with Crippen molar-refractivity contribution in [3.05, 3.63) is 41.5 Å². The van der Waals surface area contributed by atoms with Crippen LogP contribution in [-0.4, -0.2) is 36.3 Å². The minimum Gasteiger partial charge on any atom is -0.493 e. The fourth-order valence-electron chi connectivity index (χ4n) is 2.33. The Bertz CT molecular complexity index is 700. The molecule has 27 heavy (non-hydrogen) atoms. The molecule has 0 aliphatic carbocycles. The van der Waals surface area contributed by atoms with Crippen LogP contribution < -0.4 is 15.4 Å². The van der Waals surface area contributed by atoms with E-state index in [1.54, 1.807) is 7.05 Å². The number of rotatable bonds is 8. The van der Waals surface area contributed by atoms with Gasteiger partial charge in [0.15, 0.2) is 11.8 Å². The predicted molar refractivity (Wildman–Crippen MR) is 118 cm³/mol. The molecule has 150 valence electrons. The molecule has 7 nitrogen and oxygen atoms in total. The van der Waals surface area contributed by atoms with Gasteiger partial charge in [0.2, 0.25) is 5.89 Å². The van der Waals surface area contributed by atoms with Gasteiger partial charge < -0.3 is 19.9 Å². The van der Waals surface area contributed by atoms with Gasteiger partial charge >= 0.3 is 0 Å². The molecular formula is C19H30IN5O2. The van der Waals surface area contributed by atoms with Crippen LogP contribution >= 0.6 is 24.0 Å². The molecule has 8 heteroatoms. The number of aromatic nitrogens is 2. The predicted octanol–water partition coefficient (Wildman–Crippen LogP) is 3.50. The number of halogens is 1. The van der Waals surface area contributed by atoms with Crippen molar-refractivity contribution in [1.82, 2.24) is 20.8 Å². The topological polar surface area (TPSA) is 84.6 Å². The summed E-state index contributed by atoms with van der Waals surface area (Å²) in [6.07, 6.45) is 0.651. The number of ether oxygens (including phenoxy) is 1. The van der Waals surface area contributed by atoms with Gasteiger partial charge in [0.1, 0.15) is 5.75 Å². The zero-order valence-electron chi connectivity index (χ0n) is 16.7. The van der Waals surface area contributed by atoms with Crippen LogP contribution in [0.15, 0.2) is 33.8 Å². The van der Waals surface area contributed by atoms with E-state index in [0.29, 0.717) is 30.6 Å². The van der Waals surface area contributed by atoms with Crippen molar-refractivity contribution in [3.63, 3.8) is 0 Å². The zero-order valence-corrected chi connectivity index (χ0v) is 19.0. The van der Waals surface area contributed by atoms with Crippen LogP contribution in [0.5, 0.6) is 5.75 Å². The molecule has 0 bridgehead atoms. The van der Waals surface area contributed by atoms with Crippen LogP contribution in [-0.2, 0) is 6.42 Å². The molecule has 1 aromatic carbocycles. The number of aryl methyl sites for hydroxylation is 1. The number of hydrogen-bond donors (Lipinski definition) is 2. The summed E-state index contributed by atoms with van der Waals surface area (Å²) in [5.74, 6) is 3.41. The van der Waals surface area contributed by atoms with E-state index in [1.165, 1.54) is 0 Å². The Labute approximate surface area is 178 Å². The van der Waals surface area contributed by atoms with Crippen molar-refractivity contribution < 1.29 is 9.26 Å². The van der Waals surface area contributed by atoms with Gasteiger partial charge in [-0.25, -0.2) is 0 Å². The monoisotopic (exact) mass is 487 g/mol. The van der Waals surface area contributed by atoms with Crippen molar-refractivity contribution in [1.29, 1.82) is 0 Å². The van der Waals surface area contributed by atoms with E-state index in [-0.39, 0.29) is 30.0 Å². The average molecular weight is 487 g/mol. The van der Waals surface area contributed by atoms with Crippen molar-refractivity contribution in [3.8, 4) is 5.75 Å². The van der Waals surface area contributed by atoms with E-state index in [2.05, 4.69) is 58.7 Å². The smallest absolute Gasteiger partial charge is 0.228 e. The third-order valence-corrected chi connectivity index (χ3v) is 3.74. The molecule has 0 saturated heterocycles. The standard InChI is InChI=1S/C19H29N5O2.HI/c1-13(2)12-25-17-8-6-16(7-9-17)14(3)22-19(20-5)21-11-10-18-23-15(4)24-26-18;/h6-9,13-14H,10-12H2,1-5H3,(H2,20,21,22);1H. The van der Waals surface area contributed by atoms with Gasteiger partial charge in [0.05, 0.1) is 12.6 Å². The second-order valence-corrected chi connectivity index (χ2v) is 6.62. The first-order chi connectivity index (χ1) is 12.5. The van der Waals surface area contributed by atoms with Crippen LogP contribution in [0.3, 0.4) is 0 Å². The van der Waals surface area contributed by atoms with E-state index in [0.717, 1.165) is 23.9 Å². The summed E-state index contributed by atoms with van der Waals surface area (Å²) in [6, 6.07) is 8.27. The molecule has 0 saturated carbocycles. The van der Waals surface area contributed by atoms with Crippen molar-refractivity contribution in [2.45, 2.75) is 40.2 Å². The Kier molecular flexibility index (Phi) is 10.1. The Morgan fingerprint density at radius 3 is 2.48 bits per heavy atom. The highest BCUT2D eigenvalue weighted by atomic mass is 127. The summed E-state index contributed by atoms with van der Waals surface area (Å²) in [4.78, 5) is 8.45. The van der Waals surface area contributed by atoms with Gasteiger partial charge in [-0.1, -0.05) is 31.1 Å². The van der Waals surface area contributed by atoms with Crippen molar-refractivity contribution in [2.75, 3.05) is 20.2 Å². The molecule has 1 atom stereocenters. The van der Waals surface area contributed by atoms with Crippen LogP contribution in [0.25, 0.3) is 0 Å². The molecule has 2 N–H and O–H groups in total. The Morgan fingerprint density at radius 2 is 1.93 bits per heavy atom. The van der Waals surface area contributed by atoms with Gasteiger partial charge in [0.25, 0.3) is 0 Å². The highest BCUT2D eigenvalue weighted by Crippen LogP contribution is 2.18. The average Bonchev–Trinajstić information content (AvgIpc) is 3.04. The van der Waals surface area contributed by atoms with Crippen molar-refractivity contribution >= 4 is 29.9 Å². The maximum absolute atomic E-state index is 5.72. The van der Waals surface area contributed by atoms with Gasteiger partial charge in [-0.15, -0.1) is 24.0 Å². The largest absolute Gasteiger partial charge is 0.493 e. The summed E-state index contributed by atoms with van der Waals surface area (Å²) in [5.41, 5.74) is 1.16. The third kappa shape index (κ3) is 8.15. The summed E-state index contributed by atoms with van der Waals surface area (Å²) in [7, 11) is 1.75. The van der Waals surface area contributed by atoms with Gasteiger partial charge in [-0.05, 0) is 37.5 Å². The highest BCUT2D eigenvalue weighted by Gasteiger charge is 2.09. The molecule has 0 fully saturated rings. The minimum absolute atomic E-state index is 0. The van der Waals surface area contributed by atoms with Crippen LogP contribution in [0, 0.1) is 12.8 Å². The quantitative estimate of drug-likeness (QED) is 0.337. The Balaban J connectivity index is 0.00000364. The van der Waals surface area contributed by atoms with Crippen LogP contribution in [0.4, 0.5) is 0 Å². The Hall–Kier alpha value is -1.84. The first-order valence-electron chi connectivity index (χ1n) is 8.97. The lowest BCUT2D eigenvalue weighted by molar-refractivity contribution is 0.271. The van der Waals surface area contributed by atoms with Gasteiger partial charge in [0, 0.05) is 20.0 Å². The van der Waals surface area contributed by atoms with Crippen molar-refractivity contribution in [2.24, 2.45) is 10.9 Å². The molecule has 0 aliphatic rings. The van der Waals surface area contributed by atoms with Crippen LogP contribution in [0.2, 0.25) is 0 Å². The van der Waals surface area contributed by atoms with Crippen LogP contribution in [0.1, 0.15) is 44.1 Å². The van der Waals surface area contributed by atoms with E-state index in [1.807, 2.05) is 19.1 Å². The minimum atomic E-state index is 0. The maximum atomic E-state index is 5.72. The summed E-state index contributed by atoms with van der Waals surface area (Å²) in [5, 5.41) is 10.4. The lowest BCUT2D eigenvalue weighted by Gasteiger charge is -2.18. The summed E-state index contributed by atoms with van der Waals surface area (Å²) in [6.45, 7) is 9.57. The summed E-state index contributed by atoms with van der Waals surface area (Å²) < 4.78 is 10.8. The maximum Gasteiger partial charge on any atom is 0.228 e. The third-order valence-electron chi connectivity index (χ3n) is 3.74. The number of benzene rings is 1. The number of nitrogens with zero attached hydrogens (tertiary/aromatic N) is 3. The lowest BCUT2D eigenvalue weighted by atomic mass is 10.1. The molecule has 0 amide bonds. The zero-order chi connectivity index (χ0) is 18.9. The summed E-state index contributed by atoms with van der Waals surface area (Å²) >= 11 is 0. The second-order valence-electron chi connectivity index (χ2n) is 6.62. The SMILES string of the molecule is CN=C(NCCc1nc(C)no1)NC(C)c1ccc(OCC(C)C)cc1.I. The molecule has 0 spiro atoms. The molecular weight excluding hydrogens is 457 g/mol. The number of nitrogens with one attached hydrogen (secondary N) is 2. The molecule has 1 unspecified atom stereocenters. The highest BCUT2D eigenvalue weighted by molar-refractivity contribution is 14.0. The molecule has 1 heterocycles. The second kappa shape index (κ2) is 11.8. The normalized spacial score (nSPS) is 12.4. The fourth-order valence-corrected chi connectivity index (χ4v) is 2.33. The molecule has 0 radical (unpaired) electrons. The lowest BCUT2D eigenvalue weighted by Crippen LogP contribution is -2.39. The first-order valence-corrected chi connectivity index (χ1v) is 8.97. The number of guanidine groups is 1. The molecule has 0 aliphatic heterocycles. The van der Waals surface area contributed by atoms with E-state index < -0.39 is 0 Å². The van der Waals surface area contributed by atoms with E-state index in [4.69, 9.17) is 9.26 Å². The van der Waals surface area contributed by atoms with Gasteiger partial charge in [-0.3, -0.25) is 4.99 Å².